The SMILES string of the molecule is NS(=O)(=O)C[C@@H]1CC[C@H](Nc2cc(-c3ccccc3)ncn2)C1. The van der Waals surface area contributed by atoms with Crippen LogP contribution in [0.4, 0.5) is 5.82 Å². The lowest BCUT2D eigenvalue weighted by molar-refractivity contribution is 0.557. The van der Waals surface area contributed by atoms with E-state index in [1.807, 2.05) is 36.4 Å². The van der Waals surface area contributed by atoms with E-state index in [4.69, 9.17) is 5.14 Å². The molecule has 2 aromatic rings. The Labute approximate surface area is 136 Å². The lowest BCUT2D eigenvalue weighted by Crippen LogP contribution is -2.23. The first-order valence-electron chi connectivity index (χ1n) is 7.64. The lowest BCUT2D eigenvalue weighted by Gasteiger charge is -2.14. The largest absolute Gasteiger partial charge is 0.367 e. The molecule has 0 spiro atoms. The van der Waals surface area contributed by atoms with E-state index in [2.05, 4.69) is 15.3 Å². The van der Waals surface area contributed by atoms with E-state index in [9.17, 15) is 8.42 Å². The minimum absolute atomic E-state index is 0.0597. The van der Waals surface area contributed by atoms with Gasteiger partial charge in [-0.05, 0) is 25.2 Å². The number of nitrogens with two attached hydrogens (primary N) is 1. The number of primary sulfonamides is 1. The van der Waals surface area contributed by atoms with Gasteiger partial charge >= 0.3 is 0 Å². The monoisotopic (exact) mass is 332 g/mol. The molecule has 2 atom stereocenters. The Morgan fingerprint density at radius 3 is 2.70 bits per heavy atom. The Hall–Kier alpha value is -1.99. The van der Waals surface area contributed by atoms with Crippen molar-refractivity contribution in [2.75, 3.05) is 11.1 Å². The molecule has 1 aromatic heterocycles. The van der Waals surface area contributed by atoms with Crippen LogP contribution < -0.4 is 10.5 Å². The second-order valence-corrected chi connectivity index (χ2v) is 7.66. The molecule has 3 rings (SSSR count). The van der Waals surface area contributed by atoms with Crippen molar-refractivity contribution < 1.29 is 8.42 Å². The molecular weight excluding hydrogens is 312 g/mol. The fourth-order valence-electron chi connectivity index (χ4n) is 3.10. The van der Waals surface area contributed by atoms with E-state index in [1.54, 1.807) is 6.33 Å². The van der Waals surface area contributed by atoms with Gasteiger partial charge in [-0.1, -0.05) is 30.3 Å². The summed E-state index contributed by atoms with van der Waals surface area (Å²) in [5, 5.41) is 8.51. The van der Waals surface area contributed by atoms with Gasteiger partial charge in [0.05, 0.1) is 11.4 Å². The van der Waals surface area contributed by atoms with Gasteiger partial charge in [-0.25, -0.2) is 23.5 Å². The Morgan fingerprint density at radius 2 is 1.96 bits per heavy atom. The summed E-state index contributed by atoms with van der Waals surface area (Å²) in [6.07, 6.45) is 4.12. The van der Waals surface area contributed by atoms with Crippen LogP contribution in [-0.2, 0) is 10.0 Å². The van der Waals surface area contributed by atoms with Crippen LogP contribution in [0.3, 0.4) is 0 Å². The van der Waals surface area contributed by atoms with E-state index < -0.39 is 10.0 Å². The number of hydrogen-bond acceptors (Lipinski definition) is 5. The second-order valence-electron chi connectivity index (χ2n) is 6.00. The number of aromatic nitrogens is 2. The topological polar surface area (TPSA) is 98.0 Å². The number of anilines is 1. The van der Waals surface area contributed by atoms with Crippen molar-refractivity contribution in [3.05, 3.63) is 42.7 Å². The first-order valence-corrected chi connectivity index (χ1v) is 9.35. The minimum atomic E-state index is -3.40. The smallest absolute Gasteiger partial charge is 0.209 e. The molecule has 23 heavy (non-hydrogen) atoms. The van der Waals surface area contributed by atoms with Gasteiger partial charge in [0, 0.05) is 17.7 Å². The number of benzene rings is 1. The number of hydrogen-bond donors (Lipinski definition) is 2. The highest BCUT2D eigenvalue weighted by Crippen LogP contribution is 2.29. The predicted molar refractivity (Wildman–Crippen MR) is 90.2 cm³/mol. The summed E-state index contributed by atoms with van der Waals surface area (Å²) in [5.74, 6) is 0.947. The van der Waals surface area contributed by atoms with Crippen LogP contribution >= 0.6 is 0 Å². The summed E-state index contributed by atoms with van der Waals surface area (Å²) in [4.78, 5) is 8.56. The third kappa shape index (κ3) is 4.49. The molecule has 3 N–H and O–H groups in total. The van der Waals surface area contributed by atoms with E-state index in [0.717, 1.165) is 36.3 Å². The average molecular weight is 332 g/mol. The molecule has 1 aliphatic rings. The first-order chi connectivity index (χ1) is 11.0. The fourth-order valence-corrected chi connectivity index (χ4v) is 4.06. The Kier molecular flexibility index (Phi) is 4.58. The van der Waals surface area contributed by atoms with Crippen LogP contribution in [-0.4, -0.2) is 30.2 Å². The number of nitrogens with one attached hydrogen (secondary N) is 1. The number of rotatable bonds is 5. The van der Waals surface area contributed by atoms with Gasteiger partial charge in [-0.3, -0.25) is 0 Å². The van der Waals surface area contributed by atoms with Crippen molar-refractivity contribution in [3.8, 4) is 11.3 Å². The summed E-state index contributed by atoms with van der Waals surface area (Å²) >= 11 is 0. The van der Waals surface area contributed by atoms with Gasteiger partial charge in [0.25, 0.3) is 0 Å². The first kappa shape index (κ1) is 15.9. The zero-order chi connectivity index (χ0) is 16.3. The van der Waals surface area contributed by atoms with Crippen LogP contribution in [0.25, 0.3) is 11.3 Å². The molecule has 0 amide bonds. The molecule has 0 aliphatic heterocycles. The maximum absolute atomic E-state index is 11.2. The molecule has 0 radical (unpaired) electrons. The highest BCUT2D eigenvalue weighted by molar-refractivity contribution is 7.89. The molecule has 1 fully saturated rings. The maximum atomic E-state index is 11.2. The van der Waals surface area contributed by atoms with Crippen molar-refractivity contribution in [2.45, 2.75) is 25.3 Å². The molecule has 7 heteroatoms. The van der Waals surface area contributed by atoms with Gasteiger partial charge in [0.1, 0.15) is 12.1 Å². The quantitative estimate of drug-likeness (QED) is 0.873. The van der Waals surface area contributed by atoms with Crippen LogP contribution in [0, 0.1) is 5.92 Å². The van der Waals surface area contributed by atoms with Crippen LogP contribution in [0.1, 0.15) is 19.3 Å². The van der Waals surface area contributed by atoms with Crippen molar-refractivity contribution in [2.24, 2.45) is 11.1 Å². The molecule has 0 unspecified atom stereocenters. The summed E-state index contributed by atoms with van der Waals surface area (Å²) < 4.78 is 22.4. The standard InChI is InChI=1S/C16H20N4O2S/c17-23(21,22)10-12-6-7-14(8-12)20-16-9-15(18-11-19-16)13-4-2-1-3-5-13/h1-5,9,11-12,14H,6-8,10H2,(H2,17,21,22)(H,18,19,20)/t12-,14+/m1/s1. The van der Waals surface area contributed by atoms with Crippen molar-refractivity contribution in [1.29, 1.82) is 0 Å². The minimum Gasteiger partial charge on any atom is -0.367 e. The van der Waals surface area contributed by atoms with Gasteiger partial charge in [0.2, 0.25) is 10.0 Å². The second kappa shape index (κ2) is 6.64. The molecule has 1 aliphatic carbocycles. The van der Waals surface area contributed by atoms with Crippen LogP contribution in [0.2, 0.25) is 0 Å². The van der Waals surface area contributed by atoms with Gasteiger partial charge in [-0.15, -0.1) is 0 Å². The lowest BCUT2D eigenvalue weighted by atomic mass is 10.1. The molecule has 0 saturated heterocycles. The molecule has 0 bridgehead atoms. The van der Waals surface area contributed by atoms with Gasteiger partial charge in [-0.2, -0.15) is 0 Å². The third-order valence-electron chi connectivity index (χ3n) is 4.10. The average Bonchev–Trinajstić information content (AvgIpc) is 2.93. The highest BCUT2D eigenvalue weighted by atomic mass is 32.2. The maximum Gasteiger partial charge on any atom is 0.209 e. The van der Waals surface area contributed by atoms with E-state index in [1.165, 1.54) is 0 Å². The van der Waals surface area contributed by atoms with E-state index >= 15 is 0 Å². The fraction of sp³-hybridized carbons (Fsp3) is 0.375. The molecule has 1 saturated carbocycles. The molecule has 1 aromatic carbocycles. The van der Waals surface area contributed by atoms with Crippen LogP contribution in [0.15, 0.2) is 42.7 Å². The zero-order valence-corrected chi connectivity index (χ0v) is 13.5. The predicted octanol–water partition coefficient (Wildman–Crippen LogP) is 2.01. The number of sulfonamides is 1. The van der Waals surface area contributed by atoms with Crippen molar-refractivity contribution in [1.82, 2.24) is 9.97 Å². The molecule has 6 nitrogen and oxygen atoms in total. The normalized spacial score (nSPS) is 21.3. The summed E-state index contributed by atoms with van der Waals surface area (Å²) in [6, 6.07) is 12.1. The molecule has 122 valence electrons. The Morgan fingerprint density at radius 1 is 1.17 bits per heavy atom. The van der Waals surface area contributed by atoms with E-state index in [0.29, 0.717) is 0 Å². The van der Waals surface area contributed by atoms with Crippen molar-refractivity contribution in [3.63, 3.8) is 0 Å². The van der Waals surface area contributed by atoms with Gasteiger partial charge < -0.3 is 5.32 Å². The van der Waals surface area contributed by atoms with Crippen molar-refractivity contribution >= 4 is 15.8 Å². The Balaban J connectivity index is 1.65. The number of nitrogens with zero attached hydrogens (tertiary/aromatic N) is 2. The van der Waals surface area contributed by atoms with Crippen LogP contribution in [0.5, 0.6) is 0 Å². The highest BCUT2D eigenvalue weighted by Gasteiger charge is 2.27. The Bertz CT molecular complexity index is 765. The molecular formula is C16H20N4O2S. The third-order valence-corrected chi connectivity index (χ3v) is 5.03. The zero-order valence-electron chi connectivity index (χ0n) is 12.7. The summed E-state index contributed by atoms with van der Waals surface area (Å²) in [7, 11) is -3.40. The van der Waals surface area contributed by atoms with Gasteiger partial charge in [0.15, 0.2) is 0 Å². The van der Waals surface area contributed by atoms with E-state index in [-0.39, 0.29) is 17.7 Å². The summed E-state index contributed by atoms with van der Waals surface area (Å²) in [6.45, 7) is 0. The molecule has 1 heterocycles. The summed E-state index contributed by atoms with van der Waals surface area (Å²) in [5.41, 5.74) is 1.90.